The van der Waals surface area contributed by atoms with Crippen molar-refractivity contribution in [1.82, 2.24) is 20.2 Å². The summed E-state index contributed by atoms with van der Waals surface area (Å²) in [5.41, 5.74) is 2.33. The van der Waals surface area contributed by atoms with Gasteiger partial charge < -0.3 is 10.1 Å². The van der Waals surface area contributed by atoms with Crippen molar-refractivity contribution in [3.63, 3.8) is 0 Å². The number of hydrogen-bond acceptors (Lipinski definition) is 6. The van der Waals surface area contributed by atoms with E-state index in [9.17, 15) is 4.79 Å². The zero-order valence-electron chi connectivity index (χ0n) is 14.8. The van der Waals surface area contributed by atoms with Gasteiger partial charge in [0.2, 0.25) is 11.1 Å². The third-order valence-electron chi connectivity index (χ3n) is 3.62. The Bertz CT molecular complexity index is 947. The number of para-hydroxylation sites is 2. The largest absolute Gasteiger partial charge is 0.492 e. The van der Waals surface area contributed by atoms with Crippen LogP contribution >= 0.6 is 23.4 Å². The molecule has 0 radical (unpaired) electrons. The van der Waals surface area contributed by atoms with E-state index in [0.717, 1.165) is 11.3 Å². The van der Waals surface area contributed by atoms with Gasteiger partial charge in [0.15, 0.2) is 0 Å². The SMILES string of the molecule is CCOc1ccccc1-n1nnnc1SCC(=O)Nc1ccc(C)c(Cl)c1. The Morgan fingerprint density at radius 2 is 2.11 bits per heavy atom. The fourth-order valence-electron chi connectivity index (χ4n) is 2.33. The Labute approximate surface area is 166 Å². The number of anilines is 1. The van der Waals surface area contributed by atoms with Gasteiger partial charge in [0, 0.05) is 10.7 Å². The lowest BCUT2D eigenvalue weighted by molar-refractivity contribution is -0.113. The molecule has 0 spiro atoms. The van der Waals surface area contributed by atoms with Gasteiger partial charge in [0.1, 0.15) is 11.4 Å². The fraction of sp³-hybridized carbons (Fsp3) is 0.222. The Kier molecular flexibility index (Phi) is 6.31. The van der Waals surface area contributed by atoms with E-state index in [1.165, 1.54) is 11.8 Å². The van der Waals surface area contributed by atoms with Crippen LogP contribution in [0.4, 0.5) is 5.69 Å². The zero-order valence-corrected chi connectivity index (χ0v) is 16.4. The van der Waals surface area contributed by atoms with Gasteiger partial charge >= 0.3 is 0 Å². The second kappa shape index (κ2) is 8.88. The van der Waals surface area contributed by atoms with Crippen LogP contribution in [-0.4, -0.2) is 38.5 Å². The first kappa shape index (κ1) is 19.2. The van der Waals surface area contributed by atoms with Crippen molar-refractivity contribution in [3.05, 3.63) is 53.1 Å². The predicted octanol–water partition coefficient (Wildman–Crippen LogP) is 3.75. The highest BCUT2D eigenvalue weighted by molar-refractivity contribution is 7.99. The summed E-state index contributed by atoms with van der Waals surface area (Å²) < 4.78 is 7.18. The summed E-state index contributed by atoms with van der Waals surface area (Å²) in [5.74, 6) is 0.656. The topological polar surface area (TPSA) is 81.9 Å². The molecule has 140 valence electrons. The van der Waals surface area contributed by atoms with E-state index in [2.05, 4.69) is 20.8 Å². The Morgan fingerprint density at radius 1 is 1.30 bits per heavy atom. The minimum Gasteiger partial charge on any atom is -0.492 e. The number of thioether (sulfide) groups is 1. The molecule has 3 rings (SSSR count). The number of tetrazole rings is 1. The fourth-order valence-corrected chi connectivity index (χ4v) is 3.19. The number of hydrogen-bond donors (Lipinski definition) is 1. The minimum atomic E-state index is -0.174. The molecule has 1 aromatic heterocycles. The summed E-state index contributed by atoms with van der Waals surface area (Å²) in [7, 11) is 0. The van der Waals surface area contributed by atoms with Gasteiger partial charge in [-0.1, -0.05) is 41.6 Å². The minimum absolute atomic E-state index is 0.155. The molecule has 0 saturated carbocycles. The molecule has 1 amide bonds. The molecule has 0 aliphatic heterocycles. The van der Waals surface area contributed by atoms with E-state index >= 15 is 0 Å². The van der Waals surface area contributed by atoms with Crippen molar-refractivity contribution in [1.29, 1.82) is 0 Å². The van der Waals surface area contributed by atoms with Crippen LogP contribution in [0.25, 0.3) is 5.69 Å². The van der Waals surface area contributed by atoms with E-state index in [1.54, 1.807) is 10.7 Å². The van der Waals surface area contributed by atoms with E-state index in [0.29, 0.717) is 28.2 Å². The molecular formula is C18H18ClN5O2S. The number of amides is 1. The summed E-state index contributed by atoms with van der Waals surface area (Å²) in [6.07, 6.45) is 0. The van der Waals surface area contributed by atoms with Crippen molar-refractivity contribution in [3.8, 4) is 11.4 Å². The summed E-state index contributed by atoms with van der Waals surface area (Å²) in [6.45, 7) is 4.35. The van der Waals surface area contributed by atoms with E-state index in [4.69, 9.17) is 16.3 Å². The first-order valence-corrected chi connectivity index (χ1v) is 9.64. The van der Waals surface area contributed by atoms with Crippen LogP contribution in [0, 0.1) is 6.92 Å². The molecule has 0 fully saturated rings. The average molecular weight is 404 g/mol. The number of aromatic nitrogens is 4. The first-order chi connectivity index (χ1) is 13.1. The second-order valence-corrected chi connectivity index (χ2v) is 6.92. The third kappa shape index (κ3) is 4.78. The molecule has 0 aliphatic carbocycles. The maximum absolute atomic E-state index is 12.2. The smallest absolute Gasteiger partial charge is 0.234 e. The second-order valence-electron chi connectivity index (χ2n) is 5.57. The van der Waals surface area contributed by atoms with Gasteiger partial charge in [-0.3, -0.25) is 4.79 Å². The number of halogens is 1. The maximum atomic E-state index is 12.2. The van der Waals surface area contributed by atoms with Crippen molar-refractivity contribution in [2.45, 2.75) is 19.0 Å². The third-order valence-corrected chi connectivity index (χ3v) is 4.95. The maximum Gasteiger partial charge on any atom is 0.234 e. The highest BCUT2D eigenvalue weighted by Crippen LogP contribution is 2.26. The van der Waals surface area contributed by atoms with Gasteiger partial charge in [-0.25, -0.2) is 0 Å². The molecule has 7 nitrogen and oxygen atoms in total. The summed E-state index contributed by atoms with van der Waals surface area (Å²) >= 11 is 7.32. The van der Waals surface area contributed by atoms with Crippen LogP contribution < -0.4 is 10.1 Å². The number of carbonyl (C=O) groups is 1. The van der Waals surface area contributed by atoms with Crippen molar-refractivity contribution < 1.29 is 9.53 Å². The molecule has 1 N–H and O–H groups in total. The summed E-state index contributed by atoms with van der Waals surface area (Å²) in [6, 6.07) is 12.9. The molecule has 3 aromatic rings. The average Bonchev–Trinajstić information content (AvgIpc) is 3.12. The number of benzene rings is 2. The Morgan fingerprint density at radius 3 is 2.89 bits per heavy atom. The van der Waals surface area contributed by atoms with E-state index < -0.39 is 0 Å². The number of ether oxygens (including phenoxy) is 1. The lowest BCUT2D eigenvalue weighted by Crippen LogP contribution is -2.14. The molecule has 0 unspecified atom stereocenters. The number of nitrogens with one attached hydrogen (secondary N) is 1. The number of aryl methyl sites for hydroxylation is 1. The quantitative estimate of drug-likeness (QED) is 0.605. The Balaban J connectivity index is 1.68. The van der Waals surface area contributed by atoms with E-state index in [1.807, 2.05) is 50.2 Å². The molecule has 0 aliphatic rings. The molecule has 0 bridgehead atoms. The molecular weight excluding hydrogens is 386 g/mol. The zero-order chi connectivity index (χ0) is 19.2. The monoisotopic (exact) mass is 403 g/mol. The predicted molar refractivity (Wildman–Crippen MR) is 106 cm³/mol. The highest BCUT2D eigenvalue weighted by Gasteiger charge is 2.15. The normalized spacial score (nSPS) is 10.6. The highest BCUT2D eigenvalue weighted by atomic mass is 35.5. The van der Waals surface area contributed by atoms with Gasteiger partial charge in [0.05, 0.1) is 12.4 Å². The summed E-state index contributed by atoms with van der Waals surface area (Å²) in [4.78, 5) is 12.2. The lowest BCUT2D eigenvalue weighted by atomic mass is 10.2. The van der Waals surface area contributed by atoms with Gasteiger partial charge in [-0.15, -0.1) is 5.10 Å². The first-order valence-electron chi connectivity index (χ1n) is 8.28. The van der Waals surface area contributed by atoms with E-state index in [-0.39, 0.29) is 11.7 Å². The van der Waals surface area contributed by atoms with Crippen molar-refractivity contribution in [2.24, 2.45) is 0 Å². The van der Waals surface area contributed by atoms with Gasteiger partial charge in [-0.05, 0) is 54.1 Å². The van der Waals surface area contributed by atoms with Gasteiger partial charge in [0.25, 0.3) is 0 Å². The molecule has 0 saturated heterocycles. The van der Waals surface area contributed by atoms with Crippen LogP contribution in [0.1, 0.15) is 12.5 Å². The number of carbonyl (C=O) groups excluding carboxylic acids is 1. The standard InChI is InChI=1S/C18H18ClN5O2S/c1-3-26-16-7-5-4-6-15(16)24-18(21-22-23-24)27-11-17(25)20-13-9-8-12(2)14(19)10-13/h4-10H,3,11H2,1-2H3,(H,20,25). The van der Waals surface area contributed by atoms with Crippen molar-refractivity contribution >= 4 is 35.0 Å². The molecule has 1 heterocycles. The van der Waals surface area contributed by atoms with Gasteiger partial charge in [-0.2, -0.15) is 4.68 Å². The van der Waals surface area contributed by atoms with Crippen LogP contribution in [0.15, 0.2) is 47.6 Å². The molecule has 9 heteroatoms. The Hall–Kier alpha value is -2.58. The van der Waals surface area contributed by atoms with Crippen LogP contribution in [-0.2, 0) is 4.79 Å². The number of rotatable bonds is 7. The summed E-state index contributed by atoms with van der Waals surface area (Å²) in [5, 5.41) is 15.7. The van der Waals surface area contributed by atoms with Crippen LogP contribution in [0.5, 0.6) is 5.75 Å². The van der Waals surface area contributed by atoms with Crippen molar-refractivity contribution in [2.75, 3.05) is 17.7 Å². The number of nitrogens with zero attached hydrogens (tertiary/aromatic N) is 4. The van der Waals surface area contributed by atoms with Crippen LogP contribution in [0.3, 0.4) is 0 Å². The lowest BCUT2D eigenvalue weighted by Gasteiger charge is -2.10. The van der Waals surface area contributed by atoms with Crippen LogP contribution in [0.2, 0.25) is 5.02 Å². The molecule has 0 atom stereocenters. The molecule has 2 aromatic carbocycles. The molecule has 27 heavy (non-hydrogen) atoms.